The third-order valence-corrected chi connectivity index (χ3v) is 4.07. The average Bonchev–Trinajstić information content (AvgIpc) is 2.83. The van der Waals surface area contributed by atoms with Crippen LogP contribution in [0.4, 0.5) is 0 Å². The smallest absolute Gasteiger partial charge is 0.256 e. The van der Waals surface area contributed by atoms with Crippen LogP contribution in [-0.2, 0) is 9.53 Å². The fourth-order valence-corrected chi connectivity index (χ4v) is 3.05. The number of amides is 2. The summed E-state index contributed by atoms with van der Waals surface area (Å²) in [6, 6.07) is 0. The Hall–Kier alpha value is -1.51. The number of carbonyl (C=O) groups excluding carboxylic acids is 2. The van der Waals surface area contributed by atoms with Crippen molar-refractivity contribution in [2.24, 2.45) is 5.73 Å². The van der Waals surface area contributed by atoms with Gasteiger partial charge in [-0.15, -0.1) is 0 Å². The Morgan fingerprint density at radius 1 is 1.62 bits per heavy atom. The van der Waals surface area contributed by atoms with Crippen molar-refractivity contribution in [3.05, 3.63) is 16.6 Å². The van der Waals surface area contributed by atoms with Crippen LogP contribution >= 0.6 is 11.5 Å². The largest absolute Gasteiger partial charge is 0.373 e. The molecule has 1 atom stereocenters. The van der Waals surface area contributed by atoms with Crippen molar-refractivity contribution >= 4 is 23.3 Å². The molecule has 21 heavy (non-hydrogen) atoms. The molecule has 116 valence electrons. The van der Waals surface area contributed by atoms with Crippen LogP contribution in [0.25, 0.3) is 0 Å². The van der Waals surface area contributed by atoms with Crippen LogP contribution in [-0.4, -0.2) is 71.9 Å². The molecule has 0 unspecified atom stereocenters. The van der Waals surface area contributed by atoms with Crippen LogP contribution in [0.1, 0.15) is 16.1 Å². The van der Waals surface area contributed by atoms with Crippen LogP contribution in [0, 0.1) is 6.92 Å². The number of hydrogen-bond donors (Lipinski definition) is 1. The molecule has 0 saturated carbocycles. The molecular formula is C13H20N4O3S. The molecule has 2 amide bonds. The van der Waals surface area contributed by atoms with Crippen LogP contribution < -0.4 is 5.73 Å². The van der Waals surface area contributed by atoms with Crippen LogP contribution in [0.2, 0.25) is 0 Å². The minimum atomic E-state index is -0.374. The standard InChI is InChI=1S/C13H20N4O3S/c1-9-11(8-21-15-9)13(19)17-3-4-20-10(6-17)5-16(2)7-12(14)18/h8,10H,3-7H2,1-2H3,(H2,14,18)/t10-/m0/s1. The number of primary amides is 1. The molecular weight excluding hydrogens is 292 g/mol. The Bertz CT molecular complexity index is 519. The van der Waals surface area contributed by atoms with E-state index in [1.54, 1.807) is 15.2 Å². The second-order valence-corrected chi connectivity index (χ2v) is 5.85. The zero-order valence-electron chi connectivity index (χ0n) is 12.2. The molecule has 0 spiro atoms. The van der Waals surface area contributed by atoms with Gasteiger partial charge in [0, 0.05) is 25.0 Å². The van der Waals surface area contributed by atoms with E-state index in [9.17, 15) is 9.59 Å². The zero-order valence-corrected chi connectivity index (χ0v) is 13.1. The number of aromatic nitrogens is 1. The summed E-state index contributed by atoms with van der Waals surface area (Å²) in [4.78, 5) is 26.9. The Kier molecular flexibility index (Phi) is 5.27. The molecule has 1 fully saturated rings. The highest BCUT2D eigenvalue weighted by molar-refractivity contribution is 7.03. The molecule has 2 rings (SSSR count). The molecule has 2 heterocycles. The van der Waals surface area contributed by atoms with E-state index < -0.39 is 0 Å². The van der Waals surface area contributed by atoms with Gasteiger partial charge in [0.15, 0.2) is 0 Å². The summed E-state index contributed by atoms with van der Waals surface area (Å²) in [6.45, 7) is 4.16. The minimum absolute atomic E-state index is 0.00731. The summed E-state index contributed by atoms with van der Waals surface area (Å²) in [5.74, 6) is -0.381. The van der Waals surface area contributed by atoms with Crippen LogP contribution in [0.5, 0.6) is 0 Å². The van der Waals surface area contributed by atoms with E-state index in [1.807, 2.05) is 14.0 Å². The molecule has 2 N–H and O–H groups in total. The fourth-order valence-electron chi connectivity index (χ4n) is 2.36. The first-order valence-corrected chi connectivity index (χ1v) is 7.59. The lowest BCUT2D eigenvalue weighted by Gasteiger charge is -2.34. The average molecular weight is 312 g/mol. The molecule has 1 aromatic heterocycles. The van der Waals surface area contributed by atoms with Gasteiger partial charge < -0.3 is 15.4 Å². The van der Waals surface area contributed by atoms with Gasteiger partial charge in [-0.25, -0.2) is 0 Å². The maximum absolute atomic E-state index is 12.4. The molecule has 8 heteroatoms. The Morgan fingerprint density at radius 3 is 3.00 bits per heavy atom. The normalized spacial score (nSPS) is 19.0. The first-order chi connectivity index (χ1) is 9.97. The van der Waals surface area contributed by atoms with Crippen molar-refractivity contribution < 1.29 is 14.3 Å². The predicted molar refractivity (Wildman–Crippen MR) is 79.2 cm³/mol. The van der Waals surface area contributed by atoms with E-state index >= 15 is 0 Å². The quantitative estimate of drug-likeness (QED) is 0.807. The second kappa shape index (κ2) is 6.97. The summed E-state index contributed by atoms with van der Waals surface area (Å²) < 4.78 is 9.79. The third-order valence-electron chi connectivity index (χ3n) is 3.35. The number of rotatable bonds is 5. The number of likely N-dealkylation sites (N-methyl/N-ethyl adjacent to an activating group) is 1. The molecule has 0 radical (unpaired) electrons. The number of ether oxygens (including phenoxy) is 1. The van der Waals surface area contributed by atoms with Gasteiger partial charge in [0.1, 0.15) is 0 Å². The third kappa shape index (κ3) is 4.23. The van der Waals surface area contributed by atoms with Crippen LogP contribution in [0.3, 0.4) is 0 Å². The molecule has 0 aliphatic carbocycles. The minimum Gasteiger partial charge on any atom is -0.373 e. The van der Waals surface area contributed by atoms with Crippen molar-refractivity contribution in [3.63, 3.8) is 0 Å². The number of aryl methyl sites for hydroxylation is 1. The lowest BCUT2D eigenvalue weighted by molar-refractivity contribution is -0.119. The van der Waals surface area contributed by atoms with E-state index in [2.05, 4.69) is 4.37 Å². The molecule has 1 aromatic rings. The molecule has 1 saturated heterocycles. The first-order valence-electron chi connectivity index (χ1n) is 6.76. The highest BCUT2D eigenvalue weighted by Crippen LogP contribution is 2.15. The number of carbonyl (C=O) groups is 2. The summed E-state index contributed by atoms with van der Waals surface area (Å²) in [7, 11) is 1.81. The Balaban J connectivity index is 1.93. The molecule has 1 aliphatic rings. The molecule has 7 nitrogen and oxygen atoms in total. The summed E-state index contributed by atoms with van der Waals surface area (Å²) in [5.41, 5.74) is 6.58. The van der Waals surface area contributed by atoms with E-state index in [1.165, 1.54) is 11.5 Å². The van der Waals surface area contributed by atoms with Crippen molar-refractivity contribution in [1.82, 2.24) is 14.2 Å². The monoisotopic (exact) mass is 312 g/mol. The maximum atomic E-state index is 12.4. The summed E-state index contributed by atoms with van der Waals surface area (Å²) in [6.07, 6.45) is -0.112. The highest BCUT2D eigenvalue weighted by Gasteiger charge is 2.27. The molecule has 0 bridgehead atoms. The summed E-state index contributed by atoms with van der Waals surface area (Å²) >= 11 is 1.29. The van der Waals surface area contributed by atoms with E-state index in [4.69, 9.17) is 10.5 Å². The molecule has 1 aliphatic heterocycles. The van der Waals surface area contributed by atoms with Gasteiger partial charge >= 0.3 is 0 Å². The second-order valence-electron chi connectivity index (χ2n) is 5.22. The number of nitrogens with two attached hydrogens (primary N) is 1. The van der Waals surface area contributed by atoms with Gasteiger partial charge in [0.05, 0.1) is 30.5 Å². The van der Waals surface area contributed by atoms with E-state index in [-0.39, 0.29) is 24.5 Å². The van der Waals surface area contributed by atoms with Crippen molar-refractivity contribution in [3.8, 4) is 0 Å². The first kappa shape index (κ1) is 15.9. The number of nitrogens with zero attached hydrogens (tertiary/aromatic N) is 3. The predicted octanol–water partition coefficient (Wildman–Crippen LogP) is -0.290. The highest BCUT2D eigenvalue weighted by atomic mass is 32.1. The van der Waals surface area contributed by atoms with Gasteiger partial charge in [-0.1, -0.05) is 0 Å². The maximum Gasteiger partial charge on any atom is 0.256 e. The SMILES string of the molecule is Cc1nscc1C(=O)N1CCO[C@@H](CN(C)CC(N)=O)C1. The van der Waals surface area contributed by atoms with Crippen LogP contribution in [0.15, 0.2) is 5.38 Å². The lowest BCUT2D eigenvalue weighted by atomic mass is 10.2. The van der Waals surface area contributed by atoms with Gasteiger partial charge in [0.25, 0.3) is 5.91 Å². The zero-order chi connectivity index (χ0) is 15.4. The Labute approximate surface area is 127 Å². The lowest BCUT2D eigenvalue weighted by Crippen LogP contribution is -2.50. The summed E-state index contributed by atoms with van der Waals surface area (Å²) in [5, 5.41) is 1.78. The van der Waals surface area contributed by atoms with Gasteiger partial charge in [-0.05, 0) is 25.5 Å². The van der Waals surface area contributed by atoms with E-state index in [0.29, 0.717) is 31.8 Å². The van der Waals surface area contributed by atoms with Crippen molar-refractivity contribution in [2.45, 2.75) is 13.0 Å². The van der Waals surface area contributed by atoms with Gasteiger partial charge in [-0.3, -0.25) is 14.5 Å². The number of hydrogen-bond acceptors (Lipinski definition) is 6. The fraction of sp³-hybridized carbons (Fsp3) is 0.615. The topological polar surface area (TPSA) is 88.8 Å². The van der Waals surface area contributed by atoms with Gasteiger partial charge in [0.2, 0.25) is 5.91 Å². The van der Waals surface area contributed by atoms with Crippen molar-refractivity contribution in [1.29, 1.82) is 0 Å². The van der Waals surface area contributed by atoms with E-state index in [0.717, 1.165) is 5.69 Å². The van der Waals surface area contributed by atoms with Gasteiger partial charge in [-0.2, -0.15) is 4.37 Å². The molecule has 0 aromatic carbocycles. The number of morpholine rings is 1. The Morgan fingerprint density at radius 2 is 2.38 bits per heavy atom. The van der Waals surface area contributed by atoms with Crippen molar-refractivity contribution in [2.75, 3.05) is 39.8 Å².